The number of carboxylic acids is 1. The number of nitrogens with zero attached hydrogens (tertiary/aromatic N) is 1. The number of hydrogen-bond donors (Lipinski definition) is 1. The van der Waals surface area contributed by atoms with E-state index in [0.29, 0.717) is 11.4 Å². The van der Waals surface area contributed by atoms with Gasteiger partial charge in [0.1, 0.15) is 4.21 Å². The molecule has 1 aromatic rings. The van der Waals surface area contributed by atoms with Crippen molar-refractivity contribution in [2.75, 3.05) is 13.6 Å². The standard InChI is InChI=1S/C12H19NO4S2/c1-12(2,3)8-13(4)19(16,17)11-6-5-9(18-11)7-10(14)15/h5-6H,7-8H2,1-4H3,(H,14,15). The maximum Gasteiger partial charge on any atom is 0.308 e. The molecule has 0 aliphatic heterocycles. The third-order valence-corrected chi connectivity index (χ3v) is 5.68. The van der Waals surface area contributed by atoms with Crippen LogP contribution in [0.2, 0.25) is 0 Å². The van der Waals surface area contributed by atoms with E-state index in [4.69, 9.17) is 5.11 Å². The number of carboxylic acid groups (broad SMARTS) is 1. The van der Waals surface area contributed by atoms with Gasteiger partial charge in [-0.1, -0.05) is 20.8 Å². The molecule has 0 aliphatic rings. The second-order valence-electron chi connectivity index (χ2n) is 5.61. The molecular formula is C12H19NO4S2. The first-order valence-corrected chi connectivity index (χ1v) is 8.05. The molecule has 1 heterocycles. The van der Waals surface area contributed by atoms with Crippen molar-refractivity contribution in [2.24, 2.45) is 5.41 Å². The number of hydrogen-bond acceptors (Lipinski definition) is 4. The van der Waals surface area contributed by atoms with Crippen LogP contribution < -0.4 is 0 Å². The van der Waals surface area contributed by atoms with Crippen LogP contribution in [0.3, 0.4) is 0 Å². The van der Waals surface area contributed by atoms with Gasteiger partial charge < -0.3 is 5.11 Å². The third kappa shape index (κ3) is 4.59. The average Bonchev–Trinajstić information content (AvgIpc) is 2.62. The van der Waals surface area contributed by atoms with Gasteiger partial charge in [0.2, 0.25) is 0 Å². The van der Waals surface area contributed by atoms with Crippen molar-refractivity contribution < 1.29 is 18.3 Å². The van der Waals surface area contributed by atoms with E-state index in [0.717, 1.165) is 11.3 Å². The van der Waals surface area contributed by atoms with Gasteiger partial charge in [0.15, 0.2) is 0 Å². The summed E-state index contributed by atoms with van der Waals surface area (Å²) in [5, 5.41) is 8.69. The fraction of sp³-hybridized carbons (Fsp3) is 0.583. The van der Waals surface area contributed by atoms with Crippen LogP contribution in [0, 0.1) is 5.41 Å². The zero-order valence-electron chi connectivity index (χ0n) is 11.5. The van der Waals surface area contributed by atoms with Gasteiger partial charge in [-0.05, 0) is 17.5 Å². The van der Waals surface area contributed by atoms with Crippen LogP contribution in [0.4, 0.5) is 0 Å². The minimum absolute atomic E-state index is 0.136. The lowest BCUT2D eigenvalue weighted by Gasteiger charge is -2.25. The Morgan fingerprint density at radius 2 is 1.95 bits per heavy atom. The Hall–Kier alpha value is -0.920. The van der Waals surface area contributed by atoms with E-state index in [1.165, 1.54) is 17.4 Å². The Kier molecular flexibility index (Phi) is 4.76. The fourth-order valence-corrected chi connectivity index (χ4v) is 4.60. The van der Waals surface area contributed by atoms with Gasteiger partial charge in [-0.2, -0.15) is 4.31 Å². The van der Waals surface area contributed by atoms with Gasteiger partial charge in [-0.3, -0.25) is 4.79 Å². The molecule has 0 spiro atoms. The molecule has 1 aromatic heterocycles. The van der Waals surface area contributed by atoms with E-state index in [1.807, 2.05) is 20.8 Å². The molecule has 7 heteroatoms. The van der Waals surface area contributed by atoms with Gasteiger partial charge >= 0.3 is 5.97 Å². The smallest absolute Gasteiger partial charge is 0.308 e. The second kappa shape index (κ2) is 5.60. The lowest BCUT2D eigenvalue weighted by molar-refractivity contribution is -0.136. The number of thiophene rings is 1. The lowest BCUT2D eigenvalue weighted by atomic mass is 9.97. The van der Waals surface area contributed by atoms with Crippen molar-refractivity contribution in [1.82, 2.24) is 4.31 Å². The zero-order chi connectivity index (χ0) is 14.8. The lowest BCUT2D eigenvalue weighted by Crippen LogP contribution is -2.34. The highest BCUT2D eigenvalue weighted by atomic mass is 32.2. The summed E-state index contributed by atoms with van der Waals surface area (Å²) >= 11 is 1.01. The maximum absolute atomic E-state index is 12.3. The first kappa shape index (κ1) is 16.1. The normalized spacial score (nSPS) is 12.9. The van der Waals surface area contributed by atoms with E-state index < -0.39 is 16.0 Å². The van der Waals surface area contributed by atoms with Gasteiger partial charge in [-0.25, -0.2) is 8.42 Å². The van der Waals surface area contributed by atoms with Crippen molar-refractivity contribution >= 4 is 27.3 Å². The Morgan fingerprint density at radius 3 is 2.42 bits per heavy atom. The molecule has 5 nitrogen and oxygen atoms in total. The molecule has 0 aliphatic carbocycles. The molecule has 0 unspecified atom stereocenters. The summed E-state index contributed by atoms with van der Waals surface area (Å²) in [5.41, 5.74) is -0.136. The summed E-state index contributed by atoms with van der Waals surface area (Å²) in [7, 11) is -1.99. The Labute approximate surface area is 117 Å². The summed E-state index contributed by atoms with van der Waals surface area (Å²) in [6.07, 6.45) is -0.150. The van der Waals surface area contributed by atoms with Crippen LogP contribution in [-0.2, 0) is 21.2 Å². The quantitative estimate of drug-likeness (QED) is 0.903. The van der Waals surface area contributed by atoms with Crippen molar-refractivity contribution in [2.45, 2.75) is 31.4 Å². The number of rotatable bonds is 5. The summed E-state index contributed by atoms with van der Waals surface area (Å²) in [6, 6.07) is 3.02. The van der Waals surface area contributed by atoms with Crippen molar-refractivity contribution in [3.63, 3.8) is 0 Å². The predicted molar refractivity (Wildman–Crippen MR) is 74.9 cm³/mol. The molecule has 0 bridgehead atoms. The molecule has 108 valence electrons. The maximum atomic E-state index is 12.3. The monoisotopic (exact) mass is 305 g/mol. The van der Waals surface area contributed by atoms with Crippen molar-refractivity contribution in [3.05, 3.63) is 17.0 Å². The average molecular weight is 305 g/mol. The third-order valence-electron chi connectivity index (χ3n) is 2.32. The number of aliphatic carboxylic acids is 1. The second-order valence-corrected chi connectivity index (χ2v) is 9.05. The summed E-state index contributed by atoms with van der Waals surface area (Å²) in [6.45, 7) is 6.29. The Bertz CT molecular complexity index is 555. The summed E-state index contributed by atoms with van der Waals surface area (Å²) in [5.74, 6) is -0.964. The van der Waals surface area contributed by atoms with Crippen LogP contribution in [-0.4, -0.2) is 37.4 Å². The minimum Gasteiger partial charge on any atom is -0.481 e. The van der Waals surface area contributed by atoms with Crippen LogP contribution in [0.25, 0.3) is 0 Å². The molecule has 0 saturated carbocycles. The highest BCUT2D eigenvalue weighted by Gasteiger charge is 2.26. The van der Waals surface area contributed by atoms with Crippen molar-refractivity contribution in [1.29, 1.82) is 0 Å². The highest BCUT2D eigenvalue weighted by Crippen LogP contribution is 2.26. The molecule has 0 amide bonds. The van der Waals surface area contributed by atoms with Crippen LogP contribution in [0.1, 0.15) is 25.6 Å². The topological polar surface area (TPSA) is 74.7 Å². The first-order valence-electron chi connectivity index (χ1n) is 5.79. The minimum atomic E-state index is -3.53. The van der Waals surface area contributed by atoms with E-state index in [9.17, 15) is 13.2 Å². The molecule has 1 N–H and O–H groups in total. The molecule has 0 atom stereocenters. The van der Waals surface area contributed by atoms with Gasteiger partial charge in [0, 0.05) is 18.5 Å². The fourth-order valence-electron chi connectivity index (χ4n) is 1.65. The number of sulfonamides is 1. The van der Waals surface area contributed by atoms with Gasteiger partial charge in [0.05, 0.1) is 6.42 Å². The highest BCUT2D eigenvalue weighted by molar-refractivity contribution is 7.91. The molecule has 0 fully saturated rings. The predicted octanol–water partition coefficient (Wildman–Crippen LogP) is 2.04. The molecular weight excluding hydrogens is 286 g/mol. The zero-order valence-corrected chi connectivity index (χ0v) is 13.1. The van der Waals surface area contributed by atoms with Crippen LogP contribution in [0.5, 0.6) is 0 Å². The Balaban J connectivity index is 2.94. The first-order chi connectivity index (χ1) is 8.52. The van der Waals surface area contributed by atoms with Gasteiger partial charge in [-0.15, -0.1) is 11.3 Å². The van der Waals surface area contributed by atoms with E-state index in [-0.39, 0.29) is 16.0 Å². The SMILES string of the molecule is CN(CC(C)(C)C)S(=O)(=O)c1ccc(CC(=O)O)s1. The molecule has 19 heavy (non-hydrogen) atoms. The number of carbonyl (C=O) groups is 1. The molecule has 0 saturated heterocycles. The molecule has 0 aromatic carbocycles. The van der Waals surface area contributed by atoms with E-state index in [2.05, 4.69) is 0 Å². The summed E-state index contributed by atoms with van der Waals surface area (Å²) in [4.78, 5) is 11.1. The van der Waals surface area contributed by atoms with E-state index >= 15 is 0 Å². The van der Waals surface area contributed by atoms with Crippen molar-refractivity contribution in [3.8, 4) is 0 Å². The van der Waals surface area contributed by atoms with Gasteiger partial charge in [0.25, 0.3) is 10.0 Å². The largest absolute Gasteiger partial charge is 0.481 e. The molecule has 1 rings (SSSR count). The van der Waals surface area contributed by atoms with Crippen LogP contribution in [0.15, 0.2) is 16.3 Å². The molecule has 0 radical (unpaired) electrons. The van der Waals surface area contributed by atoms with E-state index in [1.54, 1.807) is 6.07 Å². The van der Waals surface area contributed by atoms with Crippen LogP contribution >= 0.6 is 11.3 Å². The summed E-state index contributed by atoms with van der Waals surface area (Å²) < 4.78 is 26.1. The Morgan fingerprint density at radius 1 is 1.37 bits per heavy atom.